The number of ether oxygens (including phenoxy) is 3. The number of imidazole rings is 1. The van der Waals surface area contributed by atoms with Gasteiger partial charge in [-0.25, -0.2) is 18.1 Å². The van der Waals surface area contributed by atoms with Crippen LogP contribution in [0.2, 0.25) is 0 Å². The van der Waals surface area contributed by atoms with Gasteiger partial charge in [0.05, 0.1) is 37.0 Å². The van der Waals surface area contributed by atoms with Crippen molar-refractivity contribution < 1.29 is 22.6 Å². The molecule has 1 atom stereocenters. The van der Waals surface area contributed by atoms with Crippen LogP contribution in [0.25, 0.3) is 0 Å². The van der Waals surface area contributed by atoms with Gasteiger partial charge in [0, 0.05) is 12.6 Å². The maximum absolute atomic E-state index is 12.9. The molecule has 1 heterocycles. The number of benzene rings is 2. The fraction of sp³-hybridized carbons (Fsp3) is 0.318. The van der Waals surface area contributed by atoms with Crippen LogP contribution in [0, 0.1) is 6.92 Å². The van der Waals surface area contributed by atoms with Crippen LogP contribution in [0.5, 0.6) is 23.3 Å². The summed E-state index contributed by atoms with van der Waals surface area (Å²) < 4.78 is 46.7. The molecule has 0 saturated heterocycles. The first-order valence-corrected chi connectivity index (χ1v) is 11.3. The molecule has 8 nitrogen and oxygen atoms in total. The van der Waals surface area contributed by atoms with Gasteiger partial charge in [-0.1, -0.05) is 17.7 Å². The van der Waals surface area contributed by atoms with Crippen LogP contribution < -0.4 is 18.9 Å². The highest BCUT2D eigenvalue weighted by Gasteiger charge is 2.23. The molecule has 9 heteroatoms. The minimum atomic E-state index is -3.81. The van der Waals surface area contributed by atoms with Gasteiger partial charge in [-0.05, 0) is 45.0 Å². The molecule has 3 rings (SSSR count). The molecular formula is C22H27N3O5S. The molecule has 0 aliphatic rings. The van der Waals surface area contributed by atoms with Crippen LogP contribution in [-0.2, 0) is 16.6 Å². The lowest BCUT2D eigenvalue weighted by molar-refractivity contribution is 0.354. The third-order valence-corrected chi connectivity index (χ3v) is 6.38. The van der Waals surface area contributed by atoms with Gasteiger partial charge in [0.25, 0.3) is 0 Å². The van der Waals surface area contributed by atoms with Crippen molar-refractivity contribution in [1.29, 1.82) is 0 Å². The van der Waals surface area contributed by atoms with Gasteiger partial charge in [0.1, 0.15) is 5.75 Å². The molecule has 1 unspecified atom stereocenters. The van der Waals surface area contributed by atoms with E-state index in [-0.39, 0.29) is 4.90 Å². The molecule has 1 N–H and O–H groups in total. The van der Waals surface area contributed by atoms with Gasteiger partial charge in [-0.2, -0.15) is 0 Å². The number of hydrogen-bond acceptors (Lipinski definition) is 6. The van der Waals surface area contributed by atoms with E-state index >= 15 is 0 Å². The lowest BCUT2D eigenvalue weighted by atomic mass is 10.2. The molecule has 0 saturated carbocycles. The Morgan fingerprint density at radius 2 is 1.74 bits per heavy atom. The molecule has 0 aliphatic carbocycles. The Balaban J connectivity index is 1.83. The van der Waals surface area contributed by atoms with Crippen molar-refractivity contribution in [3.05, 3.63) is 59.9 Å². The van der Waals surface area contributed by atoms with Gasteiger partial charge in [-0.15, -0.1) is 0 Å². The Labute approximate surface area is 182 Å². The third kappa shape index (κ3) is 5.00. The lowest BCUT2D eigenvalue weighted by Crippen LogP contribution is -2.28. The number of sulfonamides is 1. The predicted molar refractivity (Wildman–Crippen MR) is 117 cm³/mol. The molecular weight excluding hydrogens is 418 g/mol. The van der Waals surface area contributed by atoms with Crippen molar-refractivity contribution in [2.75, 3.05) is 14.2 Å². The SMILES string of the molecule is CCn1c(C(C)NS(=O)(=O)c2ccc(OC)c(OC)c2)cnc1Oc1ccc(C)cc1. The van der Waals surface area contributed by atoms with Crippen molar-refractivity contribution in [1.82, 2.24) is 14.3 Å². The van der Waals surface area contributed by atoms with Gasteiger partial charge < -0.3 is 14.2 Å². The summed E-state index contributed by atoms with van der Waals surface area (Å²) in [5.74, 6) is 1.46. The average molecular weight is 446 g/mol. The average Bonchev–Trinajstić information content (AvgIpc) is 3.17. The third-order valence-electron chi connectivity index (χ3n) is 4.84. The second-order valence-corrected chi connectivity index (χ2v) is 8.70. The summed E-state index contributed by atoms with van der Waals surface area (Å²) in [6.07, 6.45) is 1.62. The minimum Gasteiger partial charge on any atom is -0.493 e. The Bertz CT molecular complexity index is 1140. The van der Waals surface area contributed by atoms with Crippen molar-refractivity contribution >= 4 is 10.0 Å². The van der Waals surface area contributed by atoms with Crippen molar-refractivity contribution in [2.24, 2.45) is 0 Å². The zero-order chi connectivity index (χ0) is 22.6. The zero-order valence-corrected chi connectivity index (χ0v) is 19.1. The number of aromatic nitrogens is 2. The van der Waals surface area contributed by atoms with Gasteiger partial charge in [0.15, 0.2) is 11.5 Å². The molecule has 166 valence electrons. The van der Waals surface area contributed by atoms with Crippen molar-refractivity contribution in [2.45, 2.75) is 38.3 Å². The van der Waals surface area contributed by atoms with Crippen LogP contribution in [0.1, 0.15) is 31.1 Å². The van der Waals surface area contributed by atoms with Crippen LogP contribution in [0.4, 0.5) is 0 Å². The fourth-order valence-corrected chi connectivity index (χ4v) is 4.40. The monoisotopic (exact) mass is 445 g/mol. The summed E-state index contributed by atoms with van der Waals surface area (Å²) in [6, 6.07) is 12.0. The Kier molecular flexibility index (Phi) is 6.87. The quantitative estimate of drug-likeness (QED) is 0.534. The van der Waals surface area contributed by atoms with E-state index in [1.165, 1.54) is 26.4 Å². The molecule has 2 aromatic carbocycles. The Morgan fingerprint density at radius 3 is 2.35 bits per heavy atom. The topological polar surface area (TPSA) is 91.7 Å². The van der Waals surface area contributed by atoms with Crippen LogP contribution in [0.15, 0.2) is 53.6 Å². The van der Waals surface area contributed by atoms with E-state index in [0.29, 0.717) is 35.5 Å². The van der Waals surface area contributed by atoms with E-state index in [4.69, 9.17) is 14.2 Å². The number of nitrogens with one attached hydrogen (secondary N) is 1. The van der Waals surface area contributed by atoms with Crippen molar-refractivity contribution in [3.63, 3.8) is 0 Å². The zero-order valence-electron chi connectivity index (χ0n) is 18.2. The summed E-state index contributed by atoms with van der Waals surface area (Å²) in [5.41, 5.74) is 1.82. The Morgan fingerprint density at radius 1 is 1.06 bits per heavy atom. The molecule has 0 spiro atoms. The molecule has 1 aromatic heterocycles. The predicted octanol–water partition coefficient (Wildman–Crippen LogP) is 4.06. The van der Waals surface area contributed by atoms with E-state index in [9.17, 15) is 8.42 Å². The molecule has 0 amide bonds. The standard InChI is InChI=1S/C22H27N3O5S/c1-6-25-19(14-23-22(25)30-17-9-7-15(2)8-10-17)16(3)24-31(26,27)18-11-12-20(28-4)21(13-18)29-5/h7-14,16,24H,6H2,1-5H3. The first kappa shape index (κ1) is 22.6. The summed E-state index contributed by atoms with van der Waals surface area (Å²) in [7, 11) is -0.860. The summed E-state index contributed by atoms with van der Waals surface area (Å²) in [4.78, 5) is 4.43. The van der Waals surface area contributed by atoms with Crippen LogP contribution >= 0.6 is 0 Å². The molecule has 0 fully saturated rings. The second kappa shape index (κ2) is 9.40. The highest BCUT2D eigenvalue weighted by molar-refractivity contribution is 7.89. The summed E-state index contributed by atoms with van der Waals surface area (Å²) >= 11 is 0. The summed E-state index contributed by atoms with van der Waals surface area (Å²) in [6.45, 7) is 6.28. The maximum atomic E-state index is 12.9. The highest BCUT2D eigenvalue weighted by atomic mass is 32.2. The number of aryl methyl sites for hydroxylation is 1. The van der Waals surface area contributed by atoms with E-state index in [1.807, 2.05) is 42.7 Å². The molecule has 31 heavy (non-hydrogen) atoms. The first-order valence-electron chi connectivity index (χ1n) is 9.83. The van der Waals surface area contributed by atoms with Crippen LogP contribution in [-0.4, -0.2) is 32.2 Å². The van der Waals surface area contributed by atoms with E-state index in [0.717, 1.165) is 5.56 Å². The van der Waals surface area contributed by atoms with E-state index in [2.05, 4.69) is 9.71 Å². The molecule has 0 radical (unpaired) electrons. The van der Waals surface area contributed by atoms with E-state index in [1.54, 1.807) is 19.2 Å². The molecule has 3 aromatic rings. The molecule has 0 aliphatic heterocycles. The van der Waals surface area contributed by atoms with Gasteiger partial charge in [0.2, 0.25) is 10.0 Å². The van der Waals surface area contributed by atoms with Crippen molar-refractivity contribution in [3.8, 4) is 23.3 Å². The smallest absolute Gasteiger partial charge is 0.302 e. The minimum absolute atomic E-state index is 0.0793. The second-order valence-electron chi connectivity index (χ2n) is 6.98. The number of hydrogen-bond donors (Lipinski definition) is 1. The van der Waals surface area contributed by atoms with E-state index < -0.39 is 16.1 Å². The fourth-order valence-electron chi connectivity index (χ4n) is 3.17. The largest absolute Gasteiger partial charge is 0.493 e. The summed E-state index contributed by atoms with van der Waals surface area (Å²) in [5, 5.41) is 0. The number of nitrogens with zero attached hydrogens (tertiary/aromatic N) is 2. The number of rotatable bonds is 9. The first-order chi connectivity index (χ1) is 14.8. The normalized spacial score (nSPS) is 12.4. The maximum Gasteiger partial charge on any atom is 0.302 e. The number of methoxy groups -OCH3 is 2. The molecule has 0 bridgehead atoms. The lowest BCUT2D eigenvalue weighted by Gasteiger charge is -2.17. The Hall–Kier alpha value is -3.04. The van der Waals surface area contributed by atoms with Gasteiger partial charge >= 0.3 is 6.01 Å². The highest BCUT2D eigenvalue weighted by Crippen LogP contribution is 2.30. The van der Waals surface area contributed by atoms with Gasteiger partial charge in [-0.3, -0.25) is 4.57 Å². The van der Waals surface area contributed by atoms with Crippen LogP contribution in [0.3, 0.4) is 0 Å².